The van der Waals surface area contributed by atoms with E-state index in [1.54, 1.807) is 6.92 Å². The van der Waals surface area contributed by atoms with Crippen LogP contribution >= 0.6 is 0 Å². The monoisotopic (exact) mass is 206 g/mol. The quantitative estimate of drug-likeness (QED) is 0.385. The summed E-state index contributed by atoms with van der Waals surface area (Å²) in [5, 5.41) is 0. The zero-order chi connectivity index (χ0) is 10.4. The lowest BCUT2D eigenvalue weighted by Gasteiger charge is -2.14. The molecule has 2 unspecified atom stereocenters. The third-order valence-corrected chi connectivity index (χ3v) is 1.86. The van der Waals surface area contributed by atoms with E-state index in [-0.39, 0.29) is 11.3 Å². The lowest BCUT2D eigenvalue weighted by atomic mass is 10.4. The van der Waals surface area contributed by atoms with Crippen LogP contribution in [0.2, 0.25) is 0 Å². The molecule has 0 spiro atoms. The van der Waals surface area contributed by atoms with Crippen LogP contribution in [-0.2, 0) is 20.7 Å². The summed E-state index contributed by atoms with van der Waals surface area (Å²) in [5.74, 6) is -0.702. The van der Waals surface area contributed by atoms with Crippen LogP contribution in [0.5, 0.6) is 0 Å². The van der Waals surface area contributed by atoms with Crippen molar-refractivity contribution in [3.05, 3.63) is 12.2 Å². The molecule has 0 aromatic heterocycles. The Morgan fingerprint density at radius 3 is 2.69 bits per heavy atom. The number of hydrogen-bond donors (Lipinski definition) is 1. The average Bonchev–Trinajstić information content (AvgIpc) is 1.98. The van der Waals surface area contributed by atoms with Crippen LogP contribution in [0.3, 0.4) is 0 Å². The molecule has 0 aromatic rings. The summed E-state index contributed by atoms with van der Waals surface area (Å²) in [6, 6.07) is -0.429. The highest BCUT2D eigenvalue weighted by Crippen LogP contribution is 1.91. The Bertz CT molecular complexity index is 229. The largest absolute Gasteiger partial charge is 0.772 e. The molecule has 2 atom stereocenters. The van der Waals surface area contributed by atoms with Crippen LogP contribution in [0.25, 0.3) is 0 Å². The zero-order valence-corrected chi connectivity index (χ0v) is 8.35. The molecule has 0 aliphatic heterocycles. The molecule has 76 valence electrons. The van der Waals surface area contributed by atoms with Gasteiger partial charge in [-0.1, -0.05) is 17.7 Å². The molecule has 13 heavy (non-hydrogen) atoms. The van der Waals surface area contributed by atoms with Crippen LogP contribution in [0, 0.1) is 0 Å². The van der Waals surface area contributed by atoms with E-state index in [9.17, 15) is 13.6 Å². The maximum atomic E-state index is 10.8. The van der Waals surface area contributed by atoms with Gasteiger partial charge in [-0.15, -0.1) is 5.48 Å². The van der Waals surface area contributed by atoms with E-state index >= 15 is 0 Å². The number of carbonyl (C=O) groups is 1. The average molecular weight is 206 g/mol. The highest BCUT2D eigenvalue weighted by atomic mass is 32.2. The summed E-state index contributed by atoms with van der Waals surface area (Å²) in [5.41, 5.74) is 2.54. The van der Waals surface area contributed by atoms with Gasteiger partial charge in [0.25, 0.3) is 0 Å². The summed E-state index contributed by atoms with van der Waals surface area (Å²) in [4.78, 5) is 15.3. The van der Waals surface area contributed by atoms with Crippen LogP contribution in [0.1, 0.15) is 13.8 Å². The van der Waals surface area contributed by atoms with Crippen molar-refractivity contribution in [1.82, 2.24) is 5.48 Å². The van der Waals surface area contributed by atoms with E-state index in [1.807, 2.05) is 0 Å². The molecule has 0 saturated heterocycles. The van der Waals surface area contributed by atoms with Crippen molar-refractivity contribution < 1.29 is 18.4 Å². The Morgan fingerprint density at radius 2 is 2.31 bits per heavy atom. The van der Waals surface area contributed by atoms with Gasteiger partial charge < -0.3 is 9.39 Å². The lowest BCUT2D eigenvalue weighted by molar-refractivity contribution is -0.147. The van der Waals surface area contributed by atoms with Gasteiger partial charge in [0, 0.05) is 11.3 Å². The first-order valence-corrected chi connectivity index (χ1v) is 4.86. The standard InChI is InChI=1S/C7H13NO4S/c1-5(2)7(9)12-8-6(3)4-13(10)11/h6,8H,1,4H2,2-3H3,(H,10,11)/p-1. The van der Waals surface area contributed by atoms with Crippen molar-refractivity contribution in [2.24, 2.45) is 0 Å². The smallest absolute Gasteiger partial charge is 0.351 e. The molecule has 0 radical (unpaired) electrons. The predicted octanol–water partition coefficient (Wildman–Crippen LogP) is -0.122. The predicted molar refractivity (Wildman–Crippen MR) is 47.3 cm³/mol. The zero-order valence-electron chi connectivity index (χ0n) is 7.53. The first kappa shape index (κ1) is 12.3. The number of hydroxylamine groups is 1. The molecular formula is C7H12NO4S-. The SMILES string of the molecule is C=C(C)C(=O)ONC(C)CS(=O)[O-]. The van der Waals surface area contributed by atoms with E-state index < -0.39 is 23.1 Å². The van der Waals surface area contributed by atoms with Crippen molar-refractivity contribution in [2.45, 2.75) is 19.9 Å². The van der Waals surface area contributed by atoms with Gasteiger partial charge in [0.15, 0.2) is 0 Å². The Kier molecular flexibility index (Phi) is 5.52. The van der Waals surface area contributed by atoms with Crippen molar-refractivity contribution in [1.29, 1.82) is 0 Å². The molecule has 0 heterocycles. The third kappa shape index (κ3) is 6.44. The topological polar surface area (TPSA) is 78.5 Å². The summed E-state index contributed by atoms with van der Waals surface area (Å²) < 4.78 is 20.4. The minimum Gasteiger partial charge on any atom is -0.772 e. The molecule has 5 nitrogen and oxygen atoms in total. The number of nitrogens with one attached hydrogen (secondary N) is 1. The molecular weight excluding hydrogens is 194 g/mol. The number of hydrogen-bond acceptors (Lipinski definition) is 5. The third-order valence-electron chi connectivity index (χ3n) is 1.09. The molecule has 0 aromatic carbocycles. The summed E-state index contributed by atoms with van der Waals surface area (Å²) >= 11 is -2.15. The first-order chi connectivity index (χ1) is 5.93. The van der Waals surface area contributed by atoms with E-state index in [1.165, 1.54) is 6.92 Å². The fourth-order valence-electron chi connectivity index (χ4n) is 0.479. The molecule has 0 fully saturated rings. The summed E-state index contributed by atoms with van der Waals surface area (Å²) in [6.07, 6.45) is 0. The van der Waals surface area contributed by atoms with E-state index in [0.717, 1.165) is 0 Å². The molecule has 0 aliphatic rings. The Morgan fingerprint density at radius 1 is 1.77 bits per heavy atom. The van der Waals surface area contributed by atoms with Crippen molar-refractivity contribution >= 4 is 17.0 Å². The molecule has 0 rings (SSSR count). The maximum absolute atomic E-state index is 10.8. The normalized spacial score (nSPS) is 14.7. The Balaban J connectivity index is 3.70. The maximum Gasteiger partial charge on any atom is 0.351 e. The van der Waals surface area contributed by atoms with Gasteiger partial charge in [-0.25, -0.2) is 4.79 Å². The highest BCUT2D eigenvalue weighted by molar-refractivity contribution is 7.79. The second-order valence-electron chi connectivity index (χ2n) is 2.66. The number of rotatable bonds is 5. The molecule has 6 heteroatoms. The summed E-state index contributed by atoms with van der Waals surface area (Å²) in [7, 11) is 0. The van der Waals surface area contributed by atoms with Crippen molar-refractivity contribution in [3.63, 3.8) is 0 Å². The van der Waals surface area contributed by atoms with Crippen LogP contribution in [0.15, 0.2) is 12.2 Å². The van der Waals surface area contributed by atoms with Crippen LogP contribution < -0.4 is 5.48 Å². The van der Waals surface area contributed by atoms with Gasteiger partial charge in [-0.3, -0.25) is 4.21 Å². The highest BCUT2D eigenvalue weighted by Gasteiger charge is 2.06. The lowest BCUT2D eigenvalue weighted by Crippen LogP contribution is -2.33. The molecule has 1 N–H and O–H groups in total. The Labute approximate surface area is 79.4 Å². The summed E-state index contributed by atoms with van der Waals surface area (Å²) in [6.45, 7) is 6.44. The van der Waals surface area contributed by atoms with Gasteiger partial charge in [-0.05, 0) is 13.8 Å². The molecule has 0 aliphatic carbocycles. The van der Waals surface area contributed by atoms with E-state index in [0.29, 0.717) is 0 Å². The minimum absolute atomic E-state index is 0.108. The first-order valence-electron chi connectivity index (χ1n) is 3.61. The van der Waals surface area contributed by atoms with Gasteiger partial charge in [-0.2, -0.15) is 0 Å². The molecule has 0 saturated carbocycles. The molecule has 0 amide bonds. The van der Waals surface area contributed by atoms with Gasteiger partial charge in [0.1, 0.15) is 0 Å². The van der Waals surface area contributed by atoms with Crippen LogP contribution in [0.4, 0.5) is 0 Å². The second-order valence-corrected chi connectivity index (χ2v) is 3.60. The van der Waals surface area contributed by atoms with E-state index in [2.05, 4.69) is 16.9 Å². The van der Waals surface area contributed by atoms with Gasteiger partial charge in [0.05, 0.1) is 6.04 Å². The van der Waals surface area contributed by atoms with E-state index in [4.69, 9.17) is 0 Å². The number of carbonyl (C=O) groups excluding carboxylic acids is 1. The van der Waals surface area contributed by atoms with Crippen LogP contribution in [-0.4, -0.2) is 26.5 Å². The van der Waals surface area contributed by atoms with Crippen molar-refractivity contribution in [2.75, 3.05) is 5.75 Å². The fraction of sp³-hybridized carbons (Fsp3) is 0.571. The minimum atomic E-state index is -2.15. The second kappa shape index (κ2) is 5.85. The Hall–Kier alpha value is -0.720. The fourth-order valence-corrected chi connectivity index (χ4v) is 0.956. The van der Waals surface area contributed by atoms with Gasteiger partial charge in [0.2, 0.25) is 0 Å². The van der Waals surface area contributed by atoms with Gasteiger partial charge >= 0.3 is 5.97 Å². The molecule has 0 bridgehead atoms. The van der Waals surface area contributed by atoms with Crippen molar-refractivity contribution in [3.8, 4) is 0 Å².